The molecular weight excluding hydrogens is 283 g/mol. The third-order valence-electron chi connectivity index (χ3n) is 2.52. The number of ketones is 1. The summed E-state index contributed by atoms with van der Waals surface area (Å²) in [5, 5.41) is 0. The van der Waals surface area contributed by atoms with Crippen molar-refractivity contribution in [1.29, 1.82) is 0 Å². The van der Waals surface area contributed by atoms with Crippen molar-refractivity contribution in [3.05, 3.63) is 20.3 Å². The van der Waals surface area contributed by atoms with E-state index in [-0.39, 0.29) is 18.5 Å². The molecule has 0 aliphatic carbocycles. The second-order valence-corrected chi connectivity index (χ2v) is 6.10. The Labute approximate surface area is 114 Å². The molecule has 1 aliphatic rings. The number of hydrogen-bond donors (Lipinski definition) is 0. The zero-order chi connectivity index (χ0) is 12.3. The molecule has 1 unspecified atom stereocenters. The molecule has 17 heavy (non-hydrogen) atoms. The third kappa shape index (κ3) is 3.66. The van der Waals surface area contributed by atoms with Gasteiger partial charge in [0.15, 0.2) is 5.78 Å². The van der Waals surface area contributed by atoms with Gasteiger partial charge in [-0.15, -0.1) is 11.3 Å². The largest absolute Gasteiger partial charge is 0.376 e. The average molecular weight is 295 g/mol. The molecule has 1 fully saturated rings. The first-order chi connectivity index (χ1) is 8.16. The Hall–Kier alpha value is -0.130. The Balaban J connectivity index is 1.78. The predicted molar refractivity (Wildman–Crippen MR) is 68.5 cm³/mol. The van der Waals surface area contributed by atoms with Crippen molar-refractivity contribution in [1.82, 2.24) is 0 Å². The minimum atomic E-state index is -0.142. The summed E-state index contributed by atoms with van der Waals surface area (Å²) in [7, 11) is 0. The van der Waals surface area contributed by atoms with Gasteiger partial charge in [0.1, 0.15) is 10.9 Å². The number of Topliss-reactive ketones (excluding diaryl/α,β-unsaturated/α-hetero) is 1. The topological polar surface area (TPSA) is 35.5 Å². The molecular formula is C11H12Cl2O3S. The smallest absolute Gasteiger partial charge is 0.190 e. The summed E-state index contributed by atoms with van der Waals surface area (Å²) in [5.41, 5.74) is 0.439. The Morgan fingerprint density at radius 3 is 3.00 bits per heavy atom. The van der Waals surface area contributed by atoms with Crippen LogP contribution >= 0.6 is 34.5 Å². The molecule has 1 aliphatic heterocycles. The maximum atomic E-state index is 11.8. The van der Waals surface area contributed by atoms with E-state index >= 15 is 0 Å². The van der Waals surface area contributed by atoms with E-state index in [9.17, 15) is 4.79 Å². The van der Waals surface area contributed by atoms with Crippen LogP contribution in [0.15, 0.2) is 6.07 Å². The molecule has 2 heterocycles. The van der Waals surface area contributed by atoms with Crippen LogP contribution in [0.4, 0.5) is 0 Å². The fourth-order valence-corrected chi connectivity index (χ4v) is 3.17. The highest BCUT2D eigenvalue weighted by Gasteiger charge is 2.18. The highest BCUT2D eigenvalue weighted by Crippen LogP contribution is 2.31. The SMILES string of the molecule is O=C(COCC1CCCO1)c1cc(Cl)sc1Cl. The highest BCUT2D eigenvalue weighted by atomic mass is 35.5. The highest BCUT2D eigenvalue weighted by molar-refractivity contribution is 7.20. The maximum absolute atomic E-state index is 11.8. The molecule has 94 valence electrons. The number of rotatable bonds is 5. The van der Waals surface area contributed by atoms with Crippen molar-refractivity contribution in [2.45, 2.75) is 18.9 Å². The minimum absolute atomic E-state index is 0.0205. The average Bonchev–Trinajstić information content (AvgIpc) is 2.88. The molecule has 1 saturated heterocycles. The first-order valence-corrected chi connectivity index (χ1v) is 6.91. The molecule has 0 saturated carbocycles. The number of carbonyl (C=O) groups is 1. The molecule has 3 nitrogen and oxygen atoms in total. The Morgan fingerprint density at radius 1 is 1.59 bits per heavy atom. The fraction of sp³-hybridized carbons (Fsp3) is 0.545. The molecule has 0 spiro atoms. The van der Waals surface area contributed by atoms with Crippen LogP contribution in [-0.2, 0) is 9.47 Å². The van der Waals surface area contributed by atoms with Gasteiger partial charge in [0.05, 0.1) is 22.6 Å². The third-order valence-corrected chi connectivity index (χ3v) is 4.01. The normalized spacial score (nSPS) is 19.8. The summed E-state index contributed by atoms with van der Waals surface area (Å²) in [6, 6.07) is 1.58. The molecule has 0 aromatic carbocycles. The van der Waals surface area contributed by atoms with Gasteiger partial charge in [-0.1, -0.05) is 23.2 Å². The standard InChI is InChI=1S/C11H12Cl2O3S/c12-10-4-8(11(13)17-10)9(14)6-15-5-7-2-1-3-16-7/h4,7H,1-3,5-6H2. The van der Waals surface area contributed by atoms with Crippen molar-refractivity contribution in [3.8, 4) is 0 Å². The number of carbonyl (C=O) groups excluding carboxylic acids is 1. The maximum Gasteiger partial charge on any atom is 0.190 e. The lowest BCUT2D eigenvalue weighted by Gasteiger charge is -2.09. The second-order valence-electron chi connectivity index (χ2n) is 3.81. The van der Waals surface area contributed by atoms with E-state index in [0.29, 0.717) is 20.8 Å². The van der Waals surface area contributed by atoms with Gasteiger partial charge in [-0.3, -0.25) is 4.79 Å². The first kappa shape index (κ1) is 13.3. The minimum Gasteiger partial charge on any atom is -0.376 e. The molecule has 0 bridgehead atoms. The van der Waals surface area contributed by atoms with Crippen LogP contribution in [0.2, 0.25) is 8.67 Å². The number of hydrogen-bond acceptors (Lipinski definition) is 4. The molecule has 1 aromatic heterocycles. The van der Waals surface area contributed by atoms with Gasteiger partial charge in [0.25, 0.3) is 0 Å². The molecule has 0 N–H and O–H groups in total. The summed E-state index contributed by atoms with van der Waals surface area (Å²) >= 11 is 12.8. The van der Waals surface area contributed by atoms with E-state index in [2.05, 4.69) is 0 Å². The molecule has 0 radical (unpaired) electrons. The molecule has 2 rings (SSSR count). The van der Waals surface area contributed by atoms with Crippen LogP contribution in [0.5, 0.6) is 0 Å². The van der Waals surface area contributed by atoms with Crippen LogP contribution in [0.1, 0.15) is 23.2 Å². The van der Waals surface area contributed by atoms with E-state index in [1.54, 1.807) is 6.07 Å². The second kappa shape index (κ2) is 6.16. The van der Waals surface area contributed by atoms with Crippen LogP contribution in [0.25, 0.3) is 0 Å². The zero-order valence-corrected chi connectivity index (χ0v) is 11.4. The van der Waals surface area contributed by atoms with E-state index in [4.69, 9.17) is 32.7 Å². The Bertz CT molecular complexity index is 399. The van der Waals surface area contributed by atoms with Crippen molar-refractivity contribution in [2.24, 2.45) is 0 Å². The van der Waals surface area contributed by atoms with Crippen LogP contribution in [0, 0.1) is 0 Å². The van der Waals surface area contributed by atoms with E-state index in [1.807, 2.05) is 0 Å². The zero-order valence-electron chi connectivity index (χ0n) is 9.08. The fourth-order valence-electron chi connectivity index (χ4n) is 1.67. The molecule has 1 aromatic rings. The quantitative estimate of drug-likeness (QED) is 0.781. The summed E-state index contributed by atoms with van der Waals surface area (Å²) in [4.78, 5) is 11.8. The van der Waals surface area contributed by atoms with Crippen LogP contribution in [0.3, 0.4) is 0 Å². The van der Waals surface area contributed by atoms with E-state index in [0.717, 1.165) is 19.4 Å². The van der Waals surface area contributed by atoms with E-state index < -0.39 is 0 Å². The molecule has 0 amide bonds. The Kier molecular flexibility index (Phi) is 4.82. The van der Waals surface area contributed by atoms with Crippen molar-refractivity contribution < 1.29 is 14.3 Å². The first-order valence-electron chi connectivity index (χ1n) is 5.34. The lowest BCUT2D eigenvalue weighted by Crippen LogP contribution is -2.18. The van der Waals surface area contributed by atoms with Crippen LogP contribution in [-0.4, -0.2) is 31.7 Å². The van der Waals surface area contributed by atoms with E-state index in [1.165, 1.54) is 11.3 Å². The summed E-state index contributed by atoms with van der Waals surface area (Å²) < 4.78 is 11.6. The van der Waals surface area contributed by atoms with Gasteiger partial charge < -0.3 is 9.47 Å². The van der Waals surface area contributed by atoms with Crippen molar-refractivity contribution >= 4 is 40.3 Å². The van der Waals surface area contributed by atoms with Crippen LogP contribution < -0.4 is 0 Å². The van der Waals surface area contributed by atoms with Gasteiger partial charge in [-0.2, -0.15) is 0 Å². The van der Waals surface area contributed by atoms with Gasteiger partial charge in [0, 0.05) is 6.61 Å². The van der Waals surface area contributed by atoms with Gasteiger partial charge in [0.2, 0.25) is 0 Å². The molecule has 6 heteroatoms. The summed E-state index contributed by atoms with van der Waals surface area (Å²) in [6.07, 6.45) is 2.19. The monoisotopic (exact) mass is 294 g/mol. The van der Waals surface area contributed by atoms with Crippen molar-refractivity contribution in [2.75, 3.05) is 19.8 Å². The van der Waals surface area contributed by atoms with Gasteiger partial charge >= 0.3 is 0 Å². The number of thiophene rings is 1. The van der Waals surface area contributed by atoms with Gasteiger partial charge in [-0.05, 0) is 18.9 Å². The van der Waals surface area contributed by atoms with Crippen molar-refractivity contribution in [3.63, 3.8) is 0 Å². The Morgan fingerprint density at radius 2 is 2.41 bits per heavy atom. The summed E-state index contributed by atoms with van der Waals surface area (Å²) in [6.45, 7) is 1.27. The number of halogens is 2. The van der Waals surface area contributed by atoms with Gasteiger partial charge in [-0.25, -0.2) is 0 Å². The number of ether oxygens (including phenoxy) is 2. The predicted octanol–water partition coefficient (Wildman–Crippen LogP) is 3.43. The lowest BCUT2D eigenvalue weighted by atomic mass is 10.2. The lowest BCUT2D eigenvalue weighted by molar-refractivity contribution is 0.0190. The summed E-state index contributed by atoms with van der Waals surface area (Å²) in [5.74, 6) is -0.142. The molecule has 1 atom stereocenters.